The maximum Gasteiger partial charge on any atom is 0.311 e. The van der Waals surface area contributed by atoms with Crippen LogP contribution in [-0.2, 0) is 17.6 Å². The van der Waals surface area contributed by atoms with Crippen molar-refractivity contribution >= 4 is 29.2 Å². The van der Waals surface area contributed by atoms with Crippen LogP contribution in [0, 0.1) is 0 Å². The second-order valence-corrected chi connectivity index (χ2v) is 8.82. The van der Waals surface area contributed by atoms with Gasteiger partial charge in [0.25, 0.3) is 0 Å². The molecule has 2 aromatic heterocycles. The maximum absolute atomic E-state index is 11.8. The minimum absolute atomic E-state index is 0.245. The Bertz CT molecular complexity index is 1110. The van der Waals surface area contributed by atoms with E-state index in [1.165, 1.54) is 0 Å². The predicted molar refractivity (Wildman–Crippen MR) is 131 cm³/mol. The highest BCUT2D eigenvalue weighted by atomic mass is 35.5. The van der Waals surface area contributed by atoms with Crippen molar-refractivity contribution in [3.8, 4) is 17.3 Å². The van der Waals surface area contributed by atoms with Gasteiger partial charge in [0.1, 0.15) is 0 Å². The van der Waals surface area contributed by atoms with E-state index in [1.807, 2.05) is 25.3 Å². The van der Waals surface area contributed by atoms with Crippen LogP contribution in [0.15, 0.2) is 36.7 Å². The van der Waals surface area contributed by atoms with E-state index >= 15 is 0 Å². The number of esters is 1. The van der Waals surface area contributed by atoms with Gasteiger partial charge in [-0.2, -0.15) is 5.10 Å². The lowest BCUT2D eigenvalue weighted by molar-refractivity contribution is -0.134. The van der Waals surface area contributed by atoms with E-state index < -0.39 is 0 Å². The van der Waals surface area contributed by atoms with Crippen molar-refractivity contribution in [3.05, 3.63) is 63.5 Å². The Hall–Kier alpha value is -2.57. The molecule has 2 heterocycles. The minimum Gasteiger partial charge on any atom is -0.489 e. The molecular weight excluding hydrogens is 461 g/mol. The molecule has 0 amide bonds. The molecule has 8 heteroatoms. The lowest BCUT2D eigenvalue weighted by Crippen LogP contribution is -2.09. The third kappa shape index (κ3) is 6.27. The molecule has 0 spiro atoms. The van der Waals surface area contributed by atoms with Crippen LogP contribution in [0.4, 0.5) is 0 Å². The van der Waals surface area contributed by atoms with Gasteiger partial charge in [-0.05, 0) is 48.4 Å². The Morgan fingerprint density at radius 1 is 1.18 bits per heavy atom. The molecule has 0 N–H and O–H groups in total. The van der Waals surface area contributed by atoms with E-state index in [0.29, 0.717) is 40.4 Å². The molecule has 0 aliphatic rings. The first-order valence-corrected chi connectivity index (χ1v) is 11.9. The molecule has 33 heavy (non-hydrogen) atoms. The largest absolute Gasteiger partial charge is 0.489 e. The fraction of sp³-hybridized carbons (Fsp3) is 0.400. The number of ether oxygens (including phenoxy) is 2. The summed E-state index contributed by atoms with van der Waals surface area (Å²) in [6.45, 7) is 8.51. The highest BCUT2D eigenvalue weighted by Crippen LogP contribution is 2.32. The summed E-state index contributed by atoms with van der Waals surface area (Å²) in [5, 5.41) is 5.64. The average Bonchev–Trinajstić information content (AvgIpc) is 3.21. The molecule has 176 valence electrons. The smallest absolute Gasteiger partial charge is 0.311 e. The van der Waals surface area contributed by atoms with Gasteiger partial charge in [-0.3, -0.25) is 4.79 Å². The van der Waals surface area contributed by atoms with Gasteiger partial charge in [-0.25, -0.2) is 9.67 Å². The first-order chi connectivity index (χ1) is 15.8. The molecule has 6 nitrogen and oxygen atoms in total. The minimum atomic E-state index is -0.281. The Labute approximate surface area is 204 Å². The molecule has 0 unspecified atom stereocenters. The Morgan fingerprint density at radius 3 is 2.64 bits per heavy atom. The Morgan fingerprint density at radius 2 is 1.97 bits per heavy atom. The van der Waals surface area contributed by atoms with Gasteiger partial charge in [0.15, 0.2) is 17.3 Å². The number of carbonyl (C=O) groups excluding carboxylic acids is 1. The summed E-state index contributed by atoms with van der Waals surface area (Å²) in [5.74, 6) is 1.62. The number of aryl methyl sites for hydroxylation is 2. The number of carbonyl (C=O) groups is 1. The summed E-state index contributed by atoms with van der Waals surface area (Å²) < 4.78 is 13.3. The van der Waals surface area contributed by atoms with E-state index in [0.717, 1.165) is 36.1 Å². The molecule has 0 aliphatic heterocycles. The Kier molecular flexibility index (Phi) is 8.75. The van der Waals surface area contributed by atoms with Gasteiger partial charge < -0.3 is 9.47 Å². The summed E-state index contributed by atoms with van der Waals surface area (Å²) in [4.78, 5) is 16.1. The lowest BCUT2D eigenvalue weighted by atomic mass is 10.0. The SMILES string of the molecule is CCC(=O)Oc1cccc(CC)c1OCCCc1cn(-c2ncc(Cl)cc2Cl)nc1C(C)C. The lowest BCUT2D eigenvalue weighted by Gasteiger charge is -2.15. The number of benzene rings is 1. The van der Waals surface area contributed by atoms with Crippen LogP contribution in [-0.4, -0.2) is 27.3 Å². The van der Waals surface area contributed by atoms with Crippen molar-refractivity contribution in [1.82, 2.24) is 14.8 Å². The quantitative estimate of drug-likeness (QED) is 0.182. The number of aromatic nitrogens is 3. The zero-order valence-electron chi connectivity index (χ0n) is 19.4. The number of pyridine rings is 1. The van der Waals surface area contributed by atoms with Gasteiger partial charge in [-0.1, -0.05) is 63.0 Å². The van der Waals surface area contributed by atoms with Crippen LogP contribution in [0.5, 0.6) is 11.5 Å². The molecule has 0 saturated carbocycles. The molecular formula is C25H29Cl2N3O3. The van der Waals surface area contributed by atoms with Gasteiger partial charge >= 0.3 is 5.97 Å². The van der Waals surface area contributed by atoms with E-state index in [2.05, 4.69) is 18.8 Å². The summed E-state index contributed by atoms with van der Waals surface area (Å²) in [7, 11) is 0. The summed E-state index contributed by atoms with van der Waals surface area (Å²) in [6, 6.07) is 7.29. The van der Waals surface area contributed by atoms with E-state index in [-0.39, 0.29) is 11.9 Å². The fourth-order valence-electron chi connectivity index (χ4n) is 3.50. The highest BCUT2D eigenvalue weighted by molar-refractivity contribution is 6.35. The highest BCUT2D eigenvalue weighted by Gasteiger charge is 2.17. The first kappa shape index (κ1) is 25.1. The van der Waals surface area contributed by atoms with Crippen LogP contribution >= 0.6 is 23.2 Å². The molecule has 0 fully saturated rings. The van der Waals surface area contributed by atoms with Crippen molar-refractivity contribution < 1.29 is 14.3 Å². The summed E-state index contributed by atoms with van der Waals surface area (Å²) in [6.07, 6.45) is 6.16. The molecule has 0 radical (unpaired) electrons. The van der Waals surface area contributed by atoms with Crippen molar-refractivity contribution in [1.29, 1.82) is 0 Å². The van der Waals surface area contributed by atoms with Crippen LogP contribution in [0.25, 0.3) is 5.82 Å². The zero-order chi connectivity index (χ0) is 24.0. The summed E-state index contributed by atoms with van der Waals surface area (Å²) in [5.41, 5.74) is 3.12. The normalized spacial score (nSPS) is 11.1. The van der Waals surface area contributed by atoms with Gasteiger partial charge in [0.05, 0.1) is 22.3 Å². The second-order valence-electron chi connectivity index (χ2n) is 7.98. The fourth-order valence-corrected chi connectivity index (χ4v) is 3.97. The van der Waals surface area contributed by atoms with Crippen LogP contribution in [0.1, 0.15) is 63.3 Å². The monoisotopic (exact) mass is 489 g/mol. The van der Waals surface area contributed by atoms with Crippen LogP contribution < -0.4 is 9.47 Å². The van der Waals surface area contributed by atoms with E-state index in [9.17, 15) is 4.79 Å². The molecule has 0 atom stereocenters. The molecule has 0 aliphatic carbocycles. The predicted octanol–water partition coefficient (Wildman–Crippen LogP) is 6.59. The van der Waals surface area contributed by atoms with Gasteiger partial charge in [-0.15, -0.1) is 0 Å². The topological polar surface area (TPSA) is 66.2 Å². The molecule has 0 saturated heterocycles. The van der Waals surface area contributed by atoms with Crippen molar-refractivity contribution in [2.45, 2.75) is 59.3 Å². The zero-order valence-corrected chi connectivity index (χ0v) is 20.9. The number of hydrogen-bond donors (Lipinski definition) is 0. The summed E-state index contributed by atoms with van der Waals surface area (Å²) >= 11 is 12.3. The van der Waals surface area contributed by atoms with E-state index in [4.69, 9.17) is 37.8 Å². The third-order valence-corrected chi connectivity index (χ3v) is 5.65. The first-order valence-electron chi connectivity index (χ1n) is 11.2. The molecule has 3 rings (SSSR count). The van der Waals surface area contributed by atoms with Gasteiger partial charge in [0, 0.05) is 18.8 Å². The van der Waals surface area contributed by atoms with Gasteiger partial charge in [0.2, 0.25) is 0 Å². The standard InChI is InChI=1S/C25H29Cl2N3O3/c1-5-17-9-7-11-21(33-22(31)6-2)24(17)32-12-8-10-18-15-30(29-23(18)16(3)4)25-20(27)13-19(26)14-28-25/h7,9,11,13-16H,5-6,8,10,12H2,1-4H3. The number of hydrogen-bond acceptors (Lipinski definition) is 5. The van der Waals surface area contributed by atoms with Crippen molar-refractivity contribution in [2.24, 2.45) is 0 Å². The third-order valence-electron chi connectivity index (χ3n) is 5.17. The maximum atomic E-state index is 11.8. The number of halogens is 2. The number of nitrogens with zero attached hydrogens (tertiary/aromatic N) is 3. The van der Waals surface area contributed by atoms with Crippen LogP contribution in [0.2, 0.25) is 10.0 Å². The molecule has 0 bridgehead atoms. The number of para-hydroxylation sites is 1. The van der Waals surface area contributed by atoms with Crippen LogP contribution in [0.3, 0.4) is 0 Å². The second kappa shape index (κ2) is 11.5. The Balaban J connectivity index is 1.72. The van der Waals surface area contributed by atoms with Crippen molar-refractivity contribution in [2.75, 3.05) is 6.61 Å². The van der Waals surface area contributed by atoms with Crippen molar-refractivity contribution in [3.63, 3.8) is 0 Å². The number of rotatable bonds is 10. The molecule has 1 aromatic carbocycles. The molecule has 3 aromatic rings. The van der Waals surface area contributed by atoms with E-state index in [1.54, 1.807) is 29.9 Å². The average molecular weight is 490 g/mol.